The van der Waals surface area contributed by atoms with Gasteiger partial charge in [-0.2, -0.15) is 24.9 Å². The Balaban J connectivity index is 0.000000164. The highest BCUT2D eigenvalue weighted by atomic mass is 16.6. The molecule has 4 saturated carbocycles. The van der Waals surface area contributed by atoms with Gasteiger partial charge in [0.25, 0.3) is 0 Å². The number of carbonyl (C=O) groups excluding carboxylic acids is 5. The van der Waals surface area contributed by atoms with Crippen molar-refractivity contribution in [2.24, 2.45) is 29.6 Å². The Hall–Kier alpha value is -10.0. The van der Waals surface area contributed by atoms with Crippen molar-refractivity contribution in [3.8, 4) is 0 Å². The van der Waals surface area contributed by atoms with E-state index in [1.165, 1.54) is 30.3 Å². The van der Waals surface area contributed by atoms with E-state index in [0.29, 0.717) is 22.8 Å². The maximum atomic E-state index is 12.1. The zero-order valence-corrected chi connectivity index (χ0v) is 64.6. The number of rotatable bonds is 25. The molecule has 10 heterocycles. The number of carbonyl (C=O) groups is 5. The molecule has 9 aliphatic rings. The molecule has 0 spiro atoms. The van der Waals surface area contributed by atoms with Gasteiger partial charge in [-0.15, -0.1) is 0 Å². The van der Waals surface area contributed by atoms with Crippen molar-refractivity contribution in [1.82, 2.24) is 47.8 Å². The Morgan fingerprint density at radius 1 is 0.339 bits per heavy atom. The molecule has 14 rings (SSSR count). The van der Waals surface area contributed by atoms with Crippen LogP contribution in [-0.2, 0) is 71.3 Å². The second kappa shape index (κ2) is 43.1. The number of hydrogen-bond acceptors (Lipinski definition) is 45. The van der Waals surface area contributed by atoms with Gasteiger partial charge >= 0.3 is 58.3 Å². The van der Waals surface area contributed by atoms with Gasteiger partial charge in [-0.1, -0.05) is 52.4 Å². The number of nitrogens with zero attached hydrogens (tertiary/aromatic N) is 10. The average Bonchev–Trinajstić information content (AvgIpc) is 1.67. The first-order chi connectivity index (χ1) is 59.7. The number of aromatic nitrogens is 10. The highest BCUT2D eigenvalue weighted by Crippen LogP contribution is 2.37. The van der Waals surface area contributed by atoms with Crippen LogP contribution >= 0.6 is 0 Å². The molecule has 9 fully saturated rings. The third kappa shape index (κ3) is 23.4. The molecule has 668 valence electrons. The zero-order chi connectivity index (χ0) is 92.2. The maximum Gasteiger partial charge on any atom is 0.351 e. The Labute approximate surface area is 690 Å². The van der Waals surface area contributed by atoms with E-state index in [2.05, 4.69) is 24.9 Å². The van der Waals surface area contributed by atoms with Crippen LogP contribution in [0.3, 0.4) is 0 Å². The van der Waals surface area contributed by atoms with E-state index in [9.17, 15) is 99.0 Å². The summed E-state index contributed by atoms with van der Waals surface area (Å²) in [5.41, 5.74) is 3.52. The fourth-order valence-electron chi connectivity index (χ4n) is 13.0. The minimum Gasteiger partial charge on any atom is -0.463 e. The third-order valence-corrected chi connectivity index (χ3v) is 20.3. The van der Waals surface area contributed by atoms with Gasteiger partial charge < -0.3 is 98.4 Å². The lowest BCUT2D eigenvalue weighted by molar-refractivity contribution is -0.158. The molecule has 20 atom stereocenters. The summed E-state index contributed by atoms with van der Waals surface area (Å²) in [6, 6.07) is 5.92. The van der Waals surface area contributed by atoms with Crippen LogP contribution in [0.25, 0.3) is 0 Å². The van der Waals surface area contributed by atoms with Crippen LogP contribution in [0.15, 0.2) is 85.3 Å². The van der Waals surface area contributed by atoms with Gasteiger partial charge in [0.15, 0.2) is 60.1 Å². The first-order valence-corrected chi connectivity index (χ1v) is 38.2. The molecular formula is C71H99N15O35. The fourth-order valence-corrected chi connectivity index (χ4v) is 13.0. The van der Waals surface area contributed by atoms with Crippen LogP contribution in [-0.4, -0.2) is 279 Å². The summed E-state index contributed by atoms with van der Waals surface area (Å²) in [6.45, 7) is 1.51. The molecule has 121 heavy (non-hydrogen) atoms. The summed E-state index contributed by atoms with van der Waals surface area (Å²) in [5.74, 6) is -3.94. The van der Waals surface area contributed by atoms with Crippen LogP contribution in [0.2, 0.25) is 0 Å². The van der Waals surface area contributed by atoms with E-state index in [4.69, 9.17) is 80.3 Å². The fraction of sp³-hybridized carbons (Fsp3) is 0.648. The second-order valence-electron chi connectivity index (χ2n) is 29.1. The zero-order valence-electron chi connectivity index (χ0n) is 69.6. The van der Waals surface area contributed by atoms with Crippen LogP contribution < -0.4 is 55.8 Å². The largest absolute Gasteiger partial charge is 0.463 e. The van der Waals surface area contributed by atoms with E-state index in [1.54, 1.807) is 41.2 Å². The van der Waals surface area contributed by atoms with Gasteiger partial charge in [0.05, 0.1) is 36.4 Å². The predicted molar refractivity (Wildman–Crippen MR) is 397 cm³/mol. The van der Waals surface area contributed by atoms with E-state index < -0.39 is 175 Å². The minimum absolute atomic E-state index is 0.139. The van der Waals surface area contributed by atoms with Crippen molar-refractivity contribution in [2.75, 3.05) is 60.4 Å². The normalized spacial score (nSPS) is 33.0. The minimum atomic E-state index is -2.35. The molecule has 0 bridgehead atoms. The summed E-state index contributed by atoms with van der Waals surface area (Å²) in [7, 11) is 0. The van der Waals surface area contributed by atoms with Gasteiger partial charge in [0, 0.05) is 31.0 Å². The van der Waals surface area contributed by atoms with Gasteiger partial charge in [0.2, 0.25) is 0 Å². The number of esters is 5. The quantitative estimate of drug-likeness (QED) is 0.0149. The van der Waals surface area contributed by atoms with E-state index in [0.717, 1.165) is 121 Å². The molecule has 5 aliphatic heterocycles. The molecular weight excluding hydrogens is 1620 g/mol. The van der Waals surface area contributed by atoms with Crippen molar-refractivity contribution in [2.45, 2.75) is 226 Å². The van der Waals surface area contributed by atoms with Crippen molar-refractivity contribution in [3.63, 3.8) is 0 Å². The van der Waals surface area contributed by atoms with Crippen LogP contribution in [0, 0.1) is 29.6 Å². The van der Waals surface area contributed by atoms with Crippen molar-refractivity contribution in [1.29, 1.82) is 0 Å². The molecule has 4 aliphatic carbocycles. The number of aliphatic hydroxyl groups excluding tert-OH is 10. The van der Waals surface area contributed by atoms with E-state index >= 15 is 0 Å². The molecule has 20 N–H and O–H groups in total. The first kappa shape index (κ1) is 85.9. The van der Waals surface area contributed by atoms with Crippen molar-refractivity contribution >= 4 is 58.9 Å². The smallest absolute Gasteiger partial charge is 0.351 e. The van der Waals surface area contributed by atoms with E-state index in [1.807, 2.05) is 0 Å². The summed E-state index contributed by atoms with van der Waals surface area (Å²) in [4.78, 5) is 136. The lowest BCUT2D eigenvalue weighted by Crippen LogP contribution is -2.37. The Morgan fingerprint density at radius 2 is 0.537 bits per heavy atom. The second-order valence-corrected chi connectivity index (χ2v) is 29.1. The topological polar surface area (TPSA) is 716 Å². The van der Waals surface area contributed by atoms with Crippen LogP contribution in [0.1, 0.15) is 142 Å². The summed E-state index contributed by atoms with van der Waals surface area (Å²) < 4.78 is 96.6. The lowest BCUT2D eigenvalue weighted by atomic mass is 9.86. The van der Waals surface area contributed by atoms with Crippen LogP contribution in [0.4, 0.5) is 29.1 Å². The summed E-state index contributed by atoms with van der Waals surface area (Å²) in [6.07, 6.45) is -16.8. The summed E-state index contributed by atoms with van der Waals surface area (Å²) in [5, 5.41) is 145. The Morgan fingerprint density at radius 3 is 0.719 bits per heavy atom. The summed E-state index contributed by atoms with van der Waals surface area (Å²) >= 11 is 0. The molecule has 50 nitrogen and oxygen atoms in total. The van der Waals surface area contributed by atoms with Gasteiger partial charge in [0.1, 0.15) is 125 Å². The highest BCUT2D eigenvalue weighted by Gasteiger charge is 2.50. The highest BCUT2D eigenvalue weighted by molar-refractivity contribution is 5.75. The number of ether oxygens (including phenoxy) is 10. The SMILES string of the molecule is [2H][C@@]1(n2ccc(NO)nc2=O)O[C@H](COC(=O)C(C)C)[C@@H](O)[C@H]1O.[2H][C@@]1(n2ccc(NO)nc2=O)O[C@H](COC(=O)C2CC2)[C@@H](O)[C@H]1O.[2H][C@@]1(n2ccc(NO)nc2=O)O[C@H](COC(=O)C2CCC2)[C@@H](O)[C@H]1O.[2H][C@@]1(n2ccc(NO)nc2=O)O[C@H](COC(=O)C2CCCC2)[C@@H](O)[C@H]1O.[2H][C@@]1(n2ccc(NO)nc2=O)O[C@H](COC(=O)C2CCCCC2)[C@@H](O)[C@H]1O. The Bertz CT molecular complexity index is 4810. The standard InChI is InChI=1S/C16H23N3O7.C15H21N3O7.C14H19N3O7.C13H17N3O7.C13H19N3O7/c20-12-10(8-25-15(22)9-4-2-1-3-5-9)26-14(13(12)21)19-7-6-11(18-24)17-16(19)23;19-11-9(7-24-14(21)8-3-1-2-4-8)25-13(12(11)20)18-6-5-10(17-23)16-15(18)22;18-10-8(6-23-13(20)7-2-1-3-7)24-12(11(10)19)17-5-4-9(16-22)15-14(17)21;17-9-7(5-22-12(19)6-1-2-6)23-11(10(9)18)16-4-3-8(15-21)14-13(16)20;1-6(2)12(19)22-5-7-9(17)10(18)11(23-7)16-4-3-8(15-21)14-13(16)20/h6-7,9-10,12-14,20-21,24H,1-5,8H2,(H,17,18,23);5-6,8-9,11-13,19-20,23H,1-4,7H2,(H,16,17,22);4-5,7-8,10-12,18-19,22H,1-3,6H2,(H,15,16,21);3-4,6-7,9-11,17-18,21H,1-2,5H2,(H,14,15,20);3-4,6-7,9-11,17-18,21H,5H2,1-2H3,(H,14,15,20)/t10-,12-,13-,14-;9-,11-,12-,13-;8-,10-,11-,12-;2*7-,9-,10-,11-/m11111/s1/i14D;13D;12D;2*11D. The first-order valence-electron chi connectivity index (χ1n) is 40.7. The van der Waals surface area contributed by atoms with E-state index in [-0.39, 0.29) is 97.7 Å². The molecule has 0 amide bonds. The number of aliphatic hydroxyl groups is 10. The average molecular weight is 1730 g/mol. The van der Waals surface area contributed by atoms with Gasteiger partial charge in [-0.25, -0.2) is 24.0 Å². The lowest BCUT2D eigenvalue weighted by Gasteiger charge is -2.24. The molecule has 50 heteroatoms. The monoisotopic (exact) mass is 1730 g/mol. The molecule has 5 aromatic heterocycles. The Kier molecular flexibility index (Phi) is 30.6. The van der Waals surface area contributed by atoms with Crippen molar-refractivity contribution < 1.29 is 155 Å². The molecule has 5 saturated heterocycles. The van der Waals surface area contributed by atoms with Crippen molar-refractivity contribution in [3.05, 3.63) is 114 Å². The molecule has 0 aromatic carbocycles. The third-order valence-electron chi connectivity index (χ3n) is 20.3. The molecule has 0 unspecified atom stereocenters. The molecule has 0 radical (unpaired) electrons. The predicted octanol–water partition coefficient (Wildman–Crippen LogP) is -4.33. The molecule has 5 aromatic rings. The van der Waals surface area contributed by atoms with Crippen LogP contribution in [0.5, 0.6) is 0 Å². The number of anilines is 5. The van der Waals surface area contributed by atoms with Gasteiger partial charge in [-0.05, 0) is 81.7 Å². The number of hydrogen-bond donors (Lipinski definition) is 20. The maximum absolute atomic E-state index is 12.1. The number of nitrogens with one attached hydrogen (secondary N) is 5. The van der Waals surface area contributed by atoms with Gasteiger partial charge in [-0.3, -0.25) is 100 Å².